The van der Waals surface area contributed by atoms with Gasteiger partial charge in [-0.25, -0.2) is 0 Å². The predicted molar refractivity (Wildman–Crippen MR) is 86.6 cm³/mol. The zero-order valence-electron chi connectivity index (χ0n) is 12.5. The van der Waals surface area contributed by atoms with E-state index in [1.165, 1.54) is 11.1 Å². The first-order chi connectivity index (χ1) is 9.38. The first kappa shape index (κ1) is 15.3. The maximum absolute atomic E-state index is 4.42. The highest BCUT2D eigenvalue weighted by Crippen LogP contribution is 2.23. The molecule has 1 heterocycles. The van der Waals surface area contributed by atoms with Crippen molar-refractivity contribution in [3.05, 3.63) is 52.3 Å². The molecule has 0 amide bonds. The van der Waals surface area contributed by atoms with Crippen LogP contribution < -0.4 is 5.32 Å². The van der Waals surface area contributed by atoms with Crippen molar-refractivity contribution in [2.45, 2.75) is 45.8 Å². The van der Waals surface area contributed by atoms with Crippen LogP contribution in [0, 0.1) is 0 Å². The monoisotopic (exact) mass is 335 g/mol. The number of aromatic nitrogens is 2. The third-order valence-electron chi connectivity index (χ3n) is 3.31. The van der Waals surface area contributed by atoms with Gasteiger partial charge in [-0.05, 0) is 39.3 Å². The lowest BCUT2D eigenvalue weighted by atomic mass is 10.1. The second-order valence-electron chi connectivity index (χ2n) is 6.09. The van der Waals surface area contributed by atoms with Crippen molar-refractivity contribution in [3.8, 4) is 0 Å². The summed E-state index contributed by atoms with van der Waals surface area (Å²) >= 11 is 3.60. The molecule has 20 heavy (non-hydrogen) atoms. The third kappa shape index (κ3) is 3.70. The molecule has 0 fully saturated rings. The van der Waals surface area contributed by atoms with E-state index in [9.17, 15) is 0 Å². The van der Waals surface area contributed by atoms with Gasteiger partial charge >= 0.3 is 0 Å². The number of rotatable bonds is 4. The highest BCUT2D eigenvalue weighted by atomic mass is 79.9. The molecule has 1 aromatic carbocycles. The maximum atomic E-state index is 4.42. The van der Waals surface area contributed by atoms with Crippen LogP contribution in [0.5, 0.6) is 0 Å². The number of nitrogens with one attached hydrogen (secondary N) is 1. The van der Waals surface area contributed by atoms with Gasteiger partial charge in [-0.15, -0.1) is 0 Å². The Labute approximate surface area is 129 Å². The number of halogens is 1. The maximum Gasteiger partial charge on any atom is 0.0543 e. The first-order valence-corrected chi connectivity index (χ1v) is 7.69. The molecule has 0 saturated heterocycles. The molecule has 0 aliphatic rings. The van der Waals surface area contributed by atoms with Gasteiger partial charge in [-0.1, -0.05) is 34.1 Å². The fraction of sp³-hybridized carbons (Fsp3) is 0.438. The summed E-state index contributed by atoms with van der Waals surface area (Å²) in [6.45, 7) is 9.45. The van der Waals surface area contributed by atoms with Crippen LogP contribution in [0.2, 0.25) is 0 Å². The topological polar surface area (TPSA) is 29.9 Å². The van der Waals surface area contributed by atoms with Gasteiger partial charge in [0.1, 0.15) is 0 Å². The van der Waals surface area contributed by atoms with Crippen molar-refractivity contribution >= 4 is 15.9 Å². The molecular weight excluding hydrogens is 314 g/mol. The van der Waals surface area contributed by atoms with Gasteiger partial charge in [0.25, 0.3) is 0 Å². The molecule has 2 rings (SSSR count). The highest BCUT2D eigenvalue weighted by molar-refractivity contribution is 9.10. The predicted octanol–water partition coefficient (Wildman–Crippen LogP) is 4.25. The van der Waals surface area contributed by atoms with E-state index in [0.29, 0.717) is 6.04 Å². The Bertz CT molecular complexity index is 569. The Hall–Kier alpha value is -1.13. The van der Waals surface area contributed by atoms with E-state index < -0.39 is 0 Å². The number of hydrogen-bond donors (Lipinski definition) is 1. The fourth-order valence-corrected chi connectivity index (χ4v) is 2.65. The Morgan fingerprint density at radius 2 is 2.00 bits per heavy atom. The van der Waals surface area contributed by atoms with Crippen LogP contribution in [-0.4, -0.2) is 9.78 Å². The van der Waals surface area contributed by atoms with Gasteiger partial charge in [0.2, 0.25) is 0 Å². The molecule has 0 spiro atoms. The molecule has 0 saturated carbocycles. The fourth-order valence-electron chi connectivity index (χ4n) is 2.03. The smallest absolute Gasteiger partial charge is 0.0543 e. The van der Waals surface area contributed by atoms with Crippen molar-refractivity contribution < 1.29 is 0 Å². The van der Waals surface area contributed by atoms with Crippen molar-refractivity contribution in [2.24, 2.45) is 0 Å². The van der Waals surface area contributed by atoms with Gasteiger partial charge in [0, 0.05) is 28.8 Å². The molecule has 1 N–H and O–H groups in total. The molecule has 1 aromatic heterocycles. The summed E-state index contributed by atoms with van der Waals surface area (Å²) in [4.78, 5) is 0. The molecule has 3 nitrogen and oxygen atoms in total. The SMILES string of the molecule is CC(NCc1cnn(C(C)(C)C)c1)c1ccccc1Br. The largest absolute Gasteiger partial charge is 0.306 e. The van der Waals surface area contributed by atoms with Crippen LogP contribution in [0.25, 0.3) is 0 Å². The average molecular weight is 336 g/mol. The van der Waals surface area contributed by atoms with Crippen molar-refractivity contribution in [3.63, 3.8) is 0 Å². The van der Waals surface area contributed by atoms with E-state index in [2.05, 4.69) is 78.4 Å². The minimum Gasteiger partial charge on any atom is -0.306 e. The lowest BCUT2D eigenvalue weighted by Gasteiger charge is -2.19. The molecule has 0 bridgehead atoms. The highest BCUT2D eigenvalue weighted by Gasteiger charge is 2.14. The molecule has 2 aromatic rings. The Kier molecular flexibility index (Phi) is 4.66. The van der Waals surface area contributed by atoms with Crippen LogP contribution in [0.3, 0.4) is 0 Å². The molecule has 4 heteroatoms. The summed E-state index contributed by atoms with van der Waals surface area (Å²) in [7, 11) is 0. The molecule has 0 radical (unpaired) electrons. The van der Waals surface area contributed by atoms with E-state index in [0.717, 1.165) is 11.0 Å². The Morgan fingerprint density at radius 3 is 2.60 bits per heavy atom. The zero-order valence-corrected chi connectivity index (χ0v) is 14.1. The van der Waals surface area contributed by atoms with Gasteiger partial charge in [-0.3, -0.25) is 4.68 Å². The summed E-state index contributed by atoms with van der Waals surface area (Å²) in [5.74, 6) is 0. The van der Waals surface area contributed by atoms with Crippen molar-refractivity contribution in [1.82, 2.24) is 15.1 Å². The van der Waals surface area contributed by atoms with Crippen molar-refractivity contribution in [2.75, 3.05) is 0 Å². The average Bonchev–Trinajstić information content (AvgIpc) is 2.85. The van der Waals surface area contributed by atoms with Gasteiger partial charge < -0.3 is 5.32 Å². The van der Waals surface area contributed by atoms with Crippen molar-refractivity contribution in [1.29, 1.82) is 0 Å². The molecular formula is C16H22BrN3. The molecule has 108 valence electrons. The first-order valence-electron chi connectivity index (χ1n) is 6.90. The molecule has 0 aliphatic carbocycles. The molecule has 1 atom stereocenters. The van der Waals surface area contributed by atoms with Crippen LogP contribution in [-0.2, 0) is 12.1 Å². The lowest BCUT2D eigenvalue weighted by Crippen LogP contribution is -2.22. The van der Waals surface area contributed by atoms with E-state index >= 15 is 0 Å². The normalized spacial score (nSPS) is 13.4. The van der Waals surface area contributed by atoms with Crippen LogP contribution in [0.1, 0.15) is 44.9 Å². The second kappa shape index (κ2) is 6.10. The Balaban J connectivity index is 1.99. The summed E-state index contributed by atoms with van der Waals surface area (Å²) in [5, 5.41) is 7.96. The van der Waals surface area contributed by atoms with Gasteiger partial charge in [0.15, 0.2) is 0 Å². The molecule has 0 aliphatic heterocycles. The summed E-state index contributed by atoms with van der Waals surface area (Å²) < 4.78 is 3.15. The number of hydrogen-bond acceptors (Lipinski definition) is 2. The third-order valence-corrected chi connectivity index (χ3v) is 4.03. The standard InChI is InChI=1S/C16H22BrN3/c1-12(14-7-5-6-8-15(14)17)18-9-13-10-19-20(11-13)16(2,3)4/h5-8,10-12,18H,9H2,1-4H3. The van der Waals surface area contributed by atoms with E-state index in [-0.39, 0.29) is 5.54 Å². The van der Waals surface area contributed by atoms with Gasteiger partial charge in [-0.2, -0.15) is 5.10 Å². The number of nitrogens with zero attached hydrogens (tertiary/aromatic N) is 2. The van der Waals surface area contributed by atoms with Crippen LogP contribution in [0.15, 0.2) is 41.1 Å². The van der Waals surface area contributed by atoms with Crippen LogP contribution >= 0.6 is 15.9 Å². The summed E-state index contributed by atoms with van der Waals surface area (Å²) in [6.07, 6.45) is 4.05. The van der Waals surface area contributed by atoms with E-state index in [4.69, 9.17) is 0 Å². The quantitative estimate of drug-likeness (QED) is 0.904. The summed E-state index contributed by atoms with van der Waals surface area (Å²) in [5.41, 5.74) is 2.52. The minimum absolute atomic E-state index is 0.0341. The zero-order chi connectivity index (χ0) is 14.8. The van der Waals surface area contributed by atoms with E-state index in [1.807, 2.05) is 16.9 Å². The minimum atomic E-state index is 0.0341. The van der Waals surface area contributed by atoms with Gasteiger partial charge in [0.05, 0.1) is 11.7 Å². The number of benzene rings is 1. The molecule has 1 unspecified atom stereocenters. The second-order valence-corrected chi connectivity index (χ2v) is 6.94. The summed E-state index contributed by atoms with van der Waals surface area (Å²) in [6, 6.07) is 8.61. The van der Waals surface area contributed by atoms with Crippen LogP contribution in [0.4, 0.5) is 0 Å². The Morgan fingerprint density at radius 1 is 1.30 bits per heavy atom. The van der Waals surface area contributed by atoms with E-state index in [1.54, 1.807) is 0 Å². The lowest BCUT2D eigenvalue weighted by molar-refractivity contribution is 0.355.